The van der Waals surface area contributed by atoms with E-state index >= 15 is 0 Å². The molecule has 2 rings (SSSR count). The first-order valence-electron chi connectivity index (χ1n) is 5.76. The number of ether oxygens (including phenoxy) is 1. The lowest BCUT2D eigenvalue weighted by atomic mass is 10.0. The van der Waals surface area contributed by atoms with Crippen molar-refractivity contribution in [3.63, 3.8) is 0 Å². The first-order chi connectivity index (χ1) is 9.50. The molecule has 0 bridgehead atoms. The van der Waals surface area contributed by atoms with Gasteiger partial charge in [-0.2, -0.15) is 13.2 Å². The van der Waals surface area contributed by atoms with Crippen molar-refractivity contribution < 1.29 is 36.2 Å². The summed E-state index contributed by atoms with van der Waals surface area (Å²) in [5, 5.41) is 9.50. The molecular weight excluding hydrogens is 306 g/mol. The zero-order valence-electron chi connectivity index (χ0n) is 10.4. The van der Waals surface area contributed by atoms with Crippen LogP contribution in [0.4, 0.5) is 32.2 Å². The number of hydrogen-bond acceptors (Lipinski definition) is 4. The molecule has 1 atom stereocenters. The molecule has 2 heterocycles. The molecule has 1 N–H and O–H groups in total. The van der Waals surface area contributed by atoms with Gasteiger partial charge >= 0.3 is 12.5 Å². The summed E-state index contributed by atoms with van der Waals surface area (Å²) < 4.78 is 77.4. The number of aromatic nitrogens is 1. The number of rotatable bonds is 2. The van der Waals surface area contributed by atoms with Crippen molar-refractivity contribution in [2.45, 2.75) is 24.6 Å². The molecule has 21 heavy (non-hydrogen) atoms. The highest BCUT2D eigenvalue weighted by Gasteiger charge is 2.57. The van der Waals surface area contributed by atoms with Gasteiger partial charge < -0.3 is 14.7 Å². The summed E-state index contributed by atoms with van der Waals surface area (Å²) in [7, 11) is 0. The average Bonchev–Trinajstić information content (AvgIpc) is 2.71. The van der Waals surface area contributed by atoms with Crippen LogP contribution in [0.2, 0.25) is 0 Å². The molecule has 0 radical (unpaired) electrons. The van der Waals surface area contributed by atoms with Gasteiger partial charge in [0.1, 0.15) is 11.6 Å². The maximum Gasteiger partial charge on any atom is 0.573 e. The molecule has 0 aliphatic carbocycles. The van der Waals surface area contributed by atoms with Crippen molar-refractivity contribution in [3.8, 4) is 5.75 Å². The van der Waals surface area contributed by atoms with E-state index in [9.17, 15) is 31.4 Å². The van der Waals surface area contributed by atoms with Crippen LogP contribution in [0.15, 0.2) is 18.3 Å². The van der Waals surface area contributed by atoms with Crippen LogP contribution >= 0.6 is 0 Å². The van der Waals surface area contributed by atoms with Gasteiger partial charge in [0.15, 0.2) is 5.60 Å². The standard InChI is InChI=1S/C11H10F6N2O2/c12-10(13,14)9(20)3-4-19(6-9)8-2-1-7(5-18-8)21-11(15,16)17/h1-2,5,20H,3-4,6H2. The molecule has 0 spiro atoms. The minimum absolute atomic E-state index is 0.0321. The minimum atomic E-state index is -4.87. The zero-order valence-corrected chi connectivity index (χ0v) is 10.4. The summed E-state index contributed by atoms with van der Waals surface area (Å²) in [4.78, 5) is 4.76. The molecule has 0 aromatic carbocycles. The maximum atomic E-state index is 12.6. The summed E-state index contributed by atoms with van der Waals surface area (Å²) >= 11 is 0. The molecule has 1 unspecified atom stereocenters. The van der Waals surface area contributed by atoms with Gasteiger partial charge in [-0.25, -0.2) is 4.98 Å². The van der Waals surface area contributed by atoms with E-state index in [4.69, 9.17) is 0 Å². The van der Waals surface area contributed by atoms with Crippen LogP contribution in [0.25, 0.3) is 0 Å². The molecule has 118 valence electrons. The van der Waals surface area contributed by atoms with Crippen molar-refractivity contribution >= 4 is 5.82 Å². The van der Waals surface area contributed by atoms with Crippen molar-refractivity contribution in [2.75, 3.05) is 18.0 Å². The molecule has 1 aromatic heterocycles. The number of halogens is 6. The van der Waals surface area contributed by atoms with E-state index in [2.05, 4.69) is 9.72 Å². The highest BCUT2D eigenvalue weighted by Crippen LogP contribution is 2.38. The Labute approximate surface area is 114 Å². The Morgan fingerprint density at radius 1 is 1.19 bits per heavy atom. The molecule has 1 saturated heterocycles. The van der Waals surface area contributed by atoms with Gasteiger partial charge in [-0.3, -0.25) is 0 Å². The van der Waals surface area contributed by atoms with Crippen LogP contribution in [0, 0.1) is 0 Å². The van der Waals surface area contributed by atoms with E-state index in [1.54, 1.807) is 0 Å². The highest BCUT2D eigenvalue weighted by molar-refractivity contribution is 5.43. The number of hydrogen-bond donors (Lipinski definition) is 1. The Balaban J connectivity index is 2.08. The predicted molar refractivity (Wildman–Crippen MR) is 58.8 cm³/mol. The minimum Gasteiger partial charge on any atom is -0.404 e. The molecule has 1 aliphatic heterocycles. The van der Waals surface area contributed by atoms with Gasteiger partial charge in [-0.1, -0.05) is 0 Å². The molecular formula is C11H10F6N2O2. The van der Waals surface area contributed by atoms with Crippen molar-refractivity contribution in [3.05, 3.63) is 18.3 Å². The van der Waals surface area contributed by atoms with E-state index in [0.717, 1.165) is 23.2 Å². The van der Waals surface area contributed by atoms with Crippen molar-refractivity contribution in [2.24, 2.45) is 0 Å². The summed E-state index contributed by atoms with van der Waals surface area (Å²) in [6, 6.07) is 2.05. The Morgan fingerprint density at radius 3 is 2.29 bits per heavy atom. The fourth-order valence-electron chi connectivity index (χ4n) is 1.97. The Morgan fingerprint density at radius 2 is 1.86 bits per heavy atom. The number of pyridine rings is 1. The summed E-state index contributed by atoms with van der Waals surface area (Å²) in [6.07, 6.45) is -9.42. The number of nitrogens with zero attached hydrogens (tertiary/aromatic N) is 2. The van der Waals surface area contributed by atoms with E-state index in [-0.39, 0.29) is 12.4 Å². The second kappa shape index (κ2) is 4.93. The van der Waals surface area contributed by atoms with Gasteiger partial charge in [-0.15, -0.1) is 13.2 Å². The third kappa shape index (κ3) is 3.49. The Hall–Kier alpha value is -1.71. The molecule has 1 aromatic rings. The summed E-state index contributed by atoms with van der Waals surface area (Å²) in [6.45, 7) is -0.828. The lowest BCUT2D eigenvalue weighted by Gasteiger charge is -2.26. The number of aliphatic hydroxyl groups is 1. The second-order valence-corrected chi connectivity index (χ2v) is 4.60. The molecule has 1 fully saturated rings. The van der Waals surface area contributed by atoms with Crippen LogP contribution in [-0.4, -0.2) is 41.3 Å². The third-order valence-electron chi connectivity index (χ3n) is 3.05. The van der Waals surface area contributed by atoms with Crippen LogP contribution < -0.4 is 9.64 Å². The van der Waals surface area contributed by atoms with Gasteiger partial charge in [-0.05, 0) is 12.1 Å². The number of anilines is 1. The Kier molecular flexibility index (Phi) is 3.68. The lowest BCUT2D eigenvalue weighted by molar-refractivity contribution is -0.274. The molecule has 4 nitrogen and oxygen atoms in total. The van der Waals surface area contributed by atoms with Crippen LogP contribution in [0.3, 0.4) is 0 Å². The first kappa shape index (κ1) is 15.7. The zero-order chi connectivity index (χ0) is 15.9. The highest BCUT2D eigenvalue weighted by atomic mass is 19.4. The quantitative estimate of drug-likeness (QED) is 0.852. The van der Waals surface area contributed by atoms with E-state index in [0.29, 0.717) is 0 Å². The molecule has 0 amide bonds. The fraction of sp³-hybridized carbons (Fsp3) is 0.545. The molecule has 1 aliphatic rings. The topological polar surface area (TPSA) is 45.6 Å². The van der Waals surface area contributed by atoms with Gasteiger partial charge in [0.05, 0.1) is 12.7 Å². The van der Waals surface area contributed by atoms with E-state index in [1.165, 1.54) is 0 Å². The normalized spacial score (nSPS) is 23.5. The summed E-state index contributed by atoms with van der Waals surface area (Å²) in [5.74, 6) is -0.541. The van der Waals surface area contributed by atoms with E-state index < -0.39 is 36.9 Å². The lowest BCUT2D eigenvalue weighted by Crippen LogP contribution is -2.47. The monoisotopic (exact) mass is 316 g/mol. The number of β-amino-alcohol motifs (C(OH)–C–C–N with tert-alkyl or cyclic N) is 1. The fourth-order valence-corrected chi connectivity index (χ4v) is 1.97. The van der Waals surface area contributed by atoms with E-state index in [1.807, 2.05) is 0 Å². The second-order valence-electron chi connectivity index (χ2n) is 4.60. The average molecular weight is 316 g/mol. The third-order valence-corrected chi connectivity index (χ3v) is 3.05. The van der Waals surface area contributed by atoms with Crippen LogP contribution in [0.1, 0.15) is 6.42 Å². The van der Waals surface area contributed by atoms with Gasteiger partial charge in [0.2, 0.25) is 0 Å². The smallest absolute Gasteiger partial charge is 0.404 e. The predicted octanol–water partition coefficient (Wildman–Crippen LogP) is 2.48. The summed E-state index contributed by atoms with van der Waals surface area (Å²) in [5.41, 5.74) is -2.84. The van der Waals surface area contributed by atoms with Crippen LogP contribution in [0.5, 0.6) is 5.75 Å². The largest absolute Gasteiger partial charge is 0.573 e. The molecule has 10 heteroatoms. The Bertz CT molecular complexity index is 501. The maximum absolute atomic E-state index is 12.6. The van der Waals surface area contributed by atoms with Crippen LogP contribution in [-0.2, 0) is 0 Å². The van der Waals surface area contributed by atoms with Gasteiger partial charge in [0.25, 0.3) is 0 Å². The SMILES string of the molecule is OC1(C(F)(F)F)CCN(c2ccc(OC(F)(F)F)cn2)C1. The van der Waals surface area contributed by atoms with Gasteiger partial charge in [0, 0.05) is 13.0 Å². The van der Waals surface area contributed by atoms with Crippen molar-refractivity contribution in [1.82, 2.24) is 4.98 Å². The van der Waals surface area contributed by atoms with Crippen molar-refractivity contribution in [1.29, 1.82) is 0 Å². The number of alkyl halides is 6. The molecule has 0 saturated carbocycles. The first-order valence-corrected chi connectivity index (χ1v) is 5.76.